The van der Waals surface area contributed by atoms with Gasteiger partial charge in [0.2, 0.25) is 0 Å². The van der Waals surface area contributed by atoms with Crippen molar-refractivity contribution in [3.05, 3.63) is 89.4 Å². The van der Waals surface area contributed by atoms with Gasteiger partial charge in [-0.1, -0.05) is 54.6 Å². The van der Waals surface area contributed by atoms with Crippen molar-refractivity contribution in [1.82, 2.24) is 9.72 Å². The van der Waals surface area contributed by atoms with E-state index >= 15 is 0 Å². The Bertz CT molecular complexity index is 788. The fraction of sp³-hybridized carbons (Fsp3) is 0.0588. The molecule has 0 fully saturated rings. The molecule has 0 amide bonds. The lowest BCUT2D eigenvalue weighted by Crippen LogP contribution is -2.21. The van der Waals surface area contributed by atoms with Gasteiger partial charge in [0.25, 0.3) is 5.89 Å². The summed E-state index contributed by atoms with van der Waals surface area (Å²) in [6.07, 6.45) is 1.66. The molecular formula is C17H14N2O2. The van der Waals surface area contributed by atoms with Gasteiger partial charge < -0.3 is 4.52 Å². The minimum atomic E-state index is -0.428. The zero-order valence-electron chi connectivity index (χ0n) is 11.3. The first kappa shape index (κ1) is 13.1. The molecule has 0 saturated carbocycles. The highest BCUT2D eigenvalue weighted by atomic mass is 16.5. The highest BCUT2D eigenvalue weighted by Crippen LogP contribution is 2.21. The monoisotopic (exact) mass is 278 g/mol. The quantitative estimate of drug-likeness (QED) is 0.688. The standard InChI is InChI=1S/C17H14N2O2/c1-2-15(13-9-5-3-6-10-13)19-17(20)18-16(21-19)14-11-7-4-8-12-14/h2-12,15H,1H2. The van der Waals surface area contributed by atoms with E-state index in [9.17, 15) is 4.79 Å². The average molecular weight is 278 g/mol. The number of allylic oxidation sites excluding steroid dienone is 1. The van der Waals surface area contributed by atoms with Crippen LogP contribution in [0.3, 0.4) is 0 Å². The average Bonchev–Trinajstić information content (AvgIpc) is 2.92. The van der Waals surface area contributed by atoms with Crippen LogP contribution in [0, 0.1) is 0 Å². The number of rotatable bonds is 4. The zero-order chi connectivity index (χ0) is 14.7. The van der Waals surface area contributed by atoms with E-state index < -0.39 is 5.69 Å². The van der Waals surface area contributed by atoms with Crippen LogP contribution in [-0.2, 0) is 0 Å². The maximum Gasteiger partial charge on any atom is 0.380 e. The Morgan fingerprint density at radius 3 is 2.29 bits per heavy atom. The van der Waals surface area contributed by atoms with Crippen LogP contribution in [0.1, 0.15) is 11.6 Å². The molecule has 0 N–H and O–H groups in total. The summed E-state index contributed by atoms with van der Waals surface area (Å²) in [4.78, 5) is 16.1. The van der Waals surface area contributed by atoms with Crippen molar-refractivity contribution in [1.29, 1.82) is 0 Å². The number of aromatic nitrogens is 2. The Labute approximate surface area is 122 Å². The summed E-state index contributed by atoms with van der Waals surface area (Å²) in [6, 6.07) is 18.5. The van der Waals surface area contributed by atoms with Crippen LogP contribution in [0.15, 0.2) is 82.6 Å². The summed E-state index contributed by atoms with van der Waals surface area (Å²) < 4.78 is 6.87. The molecule has 0 bridgehead atoms. The summed E-state index contributed by atoms with van der Waals surface area (Å²) in [5, 5.41) is 0. The lowest BCUT2D eigenvalue weighted by atomic mass is 10.1. The second kappa shape index (κ2) is 5.63. The molecule has 0 aliphatic rings. The molecule has 2 aromatic carbocycles. The van der Waals surface area contributed by atoms with Crippen LogP contribution in [0.2, 0.25) is 0 Å². The maximum absolute atomic E-state index is 12.1. The Morgan fingerprint density at radius 2 is 1.67 bits per heavy atom. The number of nitrogens with zero attached hydrogens (tertiary/aromatic N) is 2. The van der Waals surface area contributed by atoms with Crippen molar-refractivity contribution >= 4 is 0 Å². The van der Waals surface area contributed by atoms with Crippen LogP contribution >= 0.6 is 0 Å². The number of hydrogen-bond donors (Lipinski definition) is 0. The second-order valence-corrected chi connectivity index (χ2v) is 4.57. The molecule has 4 nitrogen and oxygen atoms in total. The van der Waals surface area contributed by atoms with Crippen molar-refractivity contribution in [2.75, 3.05) is 0 Å². The molecule has 0 saturated heterocycles. The first-order valence-electron chi connectivity index (χ1n) is 6.62. The predicted octanol–water partition coefficient (Wildman–Crippen LogP) is 3.28. The van der Waals surface area contributed by atoms with Gasteiger partial charge in [0.15, 0.2) is 0 Å². The Morgan fingerprint density at radius 1 is 1.05 bits per heavy atom. The fourth-order valence-electron chi connectivity index (χ4n) is 2.18. The van der Waals surface area contributed by atoms with Crippen molar-refractivity contribution < 1.29 is 4.52 Å². The third-order valence-corrected chi connectivity index (χ3v) is 3.21. The van der Waals surface area contributed by atoms with Gasteiger partial charge in [0.1, 0.15) is 6.04 Å². The van der Waals surface area contributed by atoms with Crippen LogP contribution in [0.25, 0.3) is 11.5 Å². The molecule has 0 aliphatic carbocycles. The molecule has 1 atom stereocenters. The molecule has 1 heterocycles. The highest BCUT2D eigenvalue weighted by molar-refractivity contribution is 5.51. The van der Waals surface area contributed by atoms with Crippen LogP contribution in [0.4, 0.5) is 0 Å². The van der Waals surface area contributed by atoms with Gasteiger partial charge >= 0.3 is 5.69 Å². The van der Waals surface area contributed by atoms with Crippen LogP contribution in [-0.4, -0.2) is 9.72 Å². The summed E-state index contributed by atoms with van der Waals surface area (Å²) in [5.74, 6) is 0.309. The van der Waals surface area contributed by atoms with Gasteiger partial charge in [-0.05, 0) is 17.7 Å². The molecule has 104 valence electrons. The highest BCUT2D eigenvalue weighted by Gasteiger charge is 2.17. The summed E-state index contributed by atoms with van der Waals surface area (Å²) >= 11 is 0. The lowest BCUT2D eigenvalue weighted by Gasteiger charge is -2.11. The molecule has 0 aliphatic heterocycles. The molecule has 21 heavy (non-hydrogen) atoms. The van der Waals surface area contributed by atoms with E-state index in [2.05, 4.69) is 11.6 Å². The fourth-order valence-corrected chi connectivity index (χ4v) is 2.18. The van der Waals surface area contributed by atoms with Crippen molar-refractivity contribution in [2.45, 2.75) is 6.04 Å². The molecule has 3 aromatic rings. The van der Waals surface area contributed by atoms with E-state index in [1.54, 1.807) is 6.08 Å². The molecular weight excluding hydrogens is 264 g/mol. The smallest absolute Gasteiger partial charge is 0.353 e. The number of benzene rings is 2. The van der Waals surface area contributed by atoms with E-state index in [0.717, 1.165) is 11.1 Å². The largest absolute Gasteiger partial charge is 0.380 e. The molecule has 1 unspecified atom stereocenters. The van der Waals surface area contributed by atoms with E-state index in [0.29, 0.717) is 5.89 Å². The van der Waals surface area contributed by atoms with Crippen molar-refractivity contribution in [3.8, 4) is 11.5 Å². The van der Waals surface area contributed by atoms with Gasteiger partial charge in [-0.15, -0.1) is 11.3 Å². The van der Waals surface area contributed by atoms with E-state index in [-0.39, 0.29) is 6.04 Å². The summed E-state index contributed by atoms with van der Waals surface area (Å²) in [5.41, 5.74) is 1.26. The van der Waals surface area contributed by atoms with Crippen molar-refractivity contribution in [3.63, 3.8) is 0 Å². The predicted molar refractivity (Wildman–Crippen MR) is 81.0 cm³/mol. The first-order chi connectivity index (χ1) is 10.3. The Kier molecular flexibility index (Phi) is 3.51. The summed E-state index contributed by atoms with van der Waals surface area (Å²) in [7, 11) is 0. The minimum Gasteiger partial charge on any atom is -0.353 e. The molecule has 4 heteroatoms. The van der Waals surface area contributed by atoms with Crippen molar-refractivity contribution in [2.24, 2.45) is 0 Å². The first-order valence-corrected chi connectivity index (χ1v) is 6.62. The molecule has 3 rings (SSSR count). The van der Waals surface area contributed by atoms with Crippen LogP contribution < -0.4 is 5.69 Å². The maximum atomic E-state index is 12.1. The van der Waals surface area contributed by atoms with Gasteiger partial charge in [0, 0.05) is 5.56 Å². The Balaban J connectivity index is 2.05. The topological polar surface area (TPSA) is 48.0 Å². The molecule has 1 aromatic heterocycles. The van der Waals surface area contributed by atoms with Gasteiger partial charge in [-0.3, -0.25) is 0 Å². The SMILES string of the molecule is C=CC(c1ccccc1)n1oc(-c2ccccc2)nc1=O. The van der Waals surface area contributed by atoms with Gasteiger partial charge in [0.05, 0.1) is 0 Å². The minimum absolute atomic E-state index is 0.309. The third kappa shape index (κ3) is 2.56. The molecule has 0 radical (unpaired) electrons. The van der Waals surface area contributed by atoms with Gasteiger partial charge in [-0.2, -0.15) is 4.98 Å². The van der Waals surface area contributed by atoms with E-state index in [4.69, 9.17) is 4.52 Å². The lowest BCUT2D eigenvalue weighted by molar-refractivity contribution is 0.264. The third-order valence-electron chi connectivity index (χ3n) is 3.21. The zero-order valence-corrected chi connectivity index (χ0v) is 11.3. The van der Waals surface area contributed by atoms with E-state index in [1.807, 2.05) is 60.7 Å². The Hall–Kier alpha value is -2.88. The van der Waals surface area contributed by atoms with E-state index in [1.165, 1.54) is 4.74 Å². The summed E-state index contributed by atoms with van der Waals surface area (Å²) in [6.45, 7) is 3.79. The molecule has 0 spiro atoms. The second-order valence-electron chi connectivity index (χ2n) is 4.57. The van der Waals surface area contributed by atoms with Gasteiger partial charge in [-0.25, -0.2) is 4.79 Å². The number of hydrogen-bond acceptors (Lipinski definition) is 3. The van der Waals surface area contributed by atoms with Crippen LogP contribution in [0.5, 0.6) is 0 Å². The normalized spacial score (nSPS) is 12.0.